The fourth-order valence-corrected chi connectivity index (χ4v) is 11.3. The molecule has 3 heterocycles. The van der Waals surface area contributed by atoms with Crippen molar-refractivity contribution in [1.29, 1.82) is 0 Å². The van der Waals surface area contributed by atoms with Crippen molar-refractivity contribution in [2.45, 2.75) is 0 Å². The summed E-state index contributed by atoms with van der Waals surface area (Å²) >= 11 is 10.6. The van der Waals surface area contributed by atoms with Gasteiger partial charge in [-0.2, -0.15) is 0 Å². The second kappa shape index (κ2) is 7.80. The fourth-order valence-electron chi connectivity index (χ4n) is 4.57. The standard InChI is InChI=1S/C28H15Cl2IN2O/c29-27-26-25(32-28(30)33-27)21-15-17(11-13-24(21)34-26)16-10-12-23-20(14-16)19-8-4-5-9-22(19)31(23)18-6-2-1-3-7-18/h1-15H. The van der Waals surface area contributed by atoms with E-state index in [1.54, 1.807) is 0 Å². The molecule has 34 heavy (non-hydrogen) atoms. The Labute approximate surface area is 212 Å². The summed E-state index contributed by atoms with van der Waals surface area (Å²) in [5, 5.41) is 1.20. The second-order valence-corrected chi connectivity index (χ2v) is 13.9. The van der Waals surface area contributed by atoms with Crippen LogP contribution >= 0.6 is 43.0 Å². The zero-order valence-electron chi connectivity index (χ0n) is 17.6. The van der Waals surface area contributed by atoms with Gasteiger partial charge in [0.05, 0.1) is 0 Å². The van der Waals surface area contributed by atoms with Crippen LogP contribution in [0.4, 0.5) is 0 Å². The minimum atomic E-state index is -1.71. The van der Waals surface area contributed by atoms with Crippen molar-refractivity contribution in [1.82, 2.24) is 9.97 Å². The van der Waals surface area contributed by atoms with E-state index in [9.17, 15) is 0 Å². The third-order valence-electron chi connectivity index (χ3n) is 6.07. The van der Waals surface area contributed by atoms with E-state index < -0.39 is 19.8 Å². The molecule has 6 aromatic rings. The molecule has 3 nitrogen and oxygen atoms in total. The summed E-state index contributed by atoms with van der Waals surface area (Å²) in [5.41, 5.74) is 6.74. The monoisotopic (exact) mass is 592 g/mol. The van der Waals surface area contributed by atoms with Gasteiger partial charge in [0.2, 0.25) is 0 Å². The summed E-state index contributed by atoms with van der Waals surface area (Å²) in [6.45, 7) is 0. The SMILES string of the molecule is Clc1nc(Cl)c2oc3ccc(-c4ccc5c(c4)-c4ccccc4I5c4ccccc4)cc3c2n1. The van der Waals surface area contributed by atoms with Crippen molar-refractivity contribution in [3.05, 3.63) is 112 Å². The molecule has 7 rings (SSSR count). The zero-order chi connectivity index (χ0) is 22.8. The van der Waals surface area contributed by atoms with Gasteiger partial charge in [-0.1, -0.05) is 0 Å². The Bertz CT molecular complexity index is 1750. The number of halogens is 3. The average molecular weight is 593 g/mol. The fraction of sp³-hybridized carbons (Fsp3) is 0. The van der Waals surface area contributed by atoms with Gasteiger partial charge >= 0.3 is 214 Å². The van der Waals surface area contributed by atoms with Crippen LogP contribution in [0.25, 0.3) is 44.3 Å². The van der Waals surface area contributed by atoms with Crippen molar-refractivity contribution in [2.24, 2.45) is 0 Å². The van der Waals surface area contributed by atoms with Gasteiger partial charge in [0.15, 0.2) is 0 Å². The first-order valence-corrected chi connectivity index (χ1v) is 14.7. The summed E-state index contributed by atoms with van der Waals surface area (Å²) in [4.78, 5) is 8.37. The average Bonchev–Trinajstić information content (AvgIpc) is 3.40. The van der Waals surface area contributed by atoms with Crippen molar-refractivity contribution in [2.75, 3.05) is 0 Å². The molecule has 0 unspecified atom stereocenters. The van der Waals surface area contributed by atoms with Crippen molar-refractivity contribution in [3.8, 4) is 22.3 Å². The van der Waals surface area contributed by atoms with Gasteiger partial charge < -0.3 is 0 Å². The molecule has 0 atom stereocenters. The van der Waals surface area contributed by atoms with Crippen LogP contribution in [-0.4, -0.2) is 9.97 Å². The molecule has 164 valence electrons. The molecule has 6 heteroatoms. The molecule has 0 spiro atoms. The van der Waals surface area contributed by atoms with Gasteiger partial charge in [0, 0.05) is 0 Å². The molecule has 2 aromatic heterocycles. The van der Waals surface area contributed by atoms with Crippen LogP contribution < -0.4 is 0 Å². The molecule has 0 radical (unpaired) electrons. The molecule has 0 aliphatic carbocycles. The summed E-state index contributed by atoms with van der Waals surface area (Å²) < 4.78 is 10.4. The number of nitrogens with zero attached hydrogens (tertiary/aromatic N) is 2. The molecular formula is C28H15Cl2IN2O. The molecule has 0 saturated heterocycles. The molecule has 0 N–H and O–H groups in total. The van der Waals surface area contributed by atoms with Crippen molar-refractivity contribution in [3.63, 3.8) is 0 Å². The van der Waals surface area contributed by atoms with E-state index in [2.05, 4.69) is 94.9 Å². The van der Waals surface area contributed by atoms with Crippen LogP contribution in [0.1, 0.15) is 0 Å². The Morgan fingerprint density at radius 1 is 0.676 bits per heavy atom. The van der Waals surface area contributed by atoms with Gasteiger partial charge in [-0.3, -0.25) is 0 Å². The first-order valence-electron chi connectivity index (χ1n) is 10.7. The van der Waals surface area contributed by atoms with E-state index in [0.717, 1.165) is 16.5 Å². The summed E-state index contributed by atoms with van der Waals surface area (Å²) in [7, 11) is 0. The van der Waals surface area contributed by atoms with Crippen molar-refractivity contribution >= 4 is 65.1 Å². The molecular weight excluding hydrogens is 578 g/mol. The third-order valence-corrected chi connectivity index (χ3v) is 12.7. The Kier molecular flexibility index (Phi) is 4.69. The Balaban J connectivity index is 1.41. The van der Waals surface area contributed by atoms with Gasteiger partial charge in [-0.05, 0) is 0 Å². The van der Waals surface area contributed by atoms with Crippen LogP contribution in [0.15, 0.2) is 95.4 Å². The van der Waals surface area contributed by atoms with E-state index in [4.69, 9.17) is 27.6 Å². The van der Waals surface area contributed by atoms with Crippen LogP contribution in [-0.2, 0) is 0 Å². The molecule has 4 aromatic carbocycles. The van der Waals surface area contributed by atoms with E-state index in [1.165, 1.54) is 21.8 Å². The quantitative estimate of drug-likeness (QED) is 0.114. The van der Waals surface area contributed by atoms with Gasteiger partial charge in [0.1, 0.15) is 0 Å². The predicted molar refractivity (Wildman–Crippen MR) is 147 cm³/mol. The van der Waals surface area contributed by atoms with E-state index in [0.29, 0.717) is 16.7 Å². The van der Waals surface area contributed by atoms with Crippen molar-refractivity contribution < 1.29 is 4.42 Å². The summed E-state index contributed by atoms with van der Waals surface area (Å²) in [6.07, 6.45) is 0. The molecule has 1 aliphatic rings. The molecule has 0 bridgehead atoms. The Hall–Kier alpha value is -2.93. The van der Waals surface area contributed by atoms with Crippen LogP contribution in [0.2, 0.25) is 10.4 Å². The molecule has 0 amide bonds. The van der Waals surface area contributed by atoms with E-state index >= 15 is 0 Å². The summed E-state index contributed by atoms with van der Waals surface area (Å²) in [5.74, 6) is 0. The normalized spacial score (nSPS) is 13.4. The second-order valence-electron chi connectivity index (χ2n) is 8.03. The van der Waals surface area contributed by atoms with Gasteiger partial charge in [0.25, 0.3) is 0 Å². The minimum absolute atomic E-state index is 0.109. The number of benzene rings is 4. The number of furan rings is 1. The third kappa shape index (κ3) is 3.09. The Morgan fingerprint density at radius 2 is 1.41 bits per heavy atom. The predicted octanol–water partition coefficient (Wildman–Crippen LogP) is 8.75. The zero-order valence-corrected chi connectivity index (χ0v) is 21.3. The number of rotatable bonds is 2. The first kappa shape index (κ1) is 20.4. The maximum atomic E-state index is 6.24. The number of hydrogen-bond donors (Lipinski definition) is 0. The topological polar surface area (TPSA) is 38.9 Å². The molecule has 0 saturated carbocycles. The Morgan fingerprint density at radius 3 is 2.29 bits per heavy atom. The van der Waals surface area contributed by atoms with E-state index in [-0.39, 0.29) is 10.4 Å². The van der Waals surface area contributed by atoms with Gasteiger partial charge in [-0.25, -0.2) is 0 Å². The molecule has 1 aliphatic heterocycles. The van der Waals surface area contributed by atoms with Crippen LogP contribution in [0, 0.1) is 10.7 Å². The van der Waals surface area contributed by atoms with E-state index in [1.807, 2.05) is 6.07 Å². The number of hydrogen-bond acceptors (Lipinski definition) is 3. The van der Waals surface area contributed by atoms with Gasteiger partial charge in [-0.15, -0.1) is 0 Å². The number of fused-ring (bicyclic) bond motifs is 6. The summed E-state index contributed by atoms with van der Waals surface area (Å²) in [6, 6.07) is 32.8. The number of aromatic nitrogens is 2. The van der Waals surface area contributed by atoms with Crippen LogP contribution in [0.3, 0.4) is 0 Å². The van der Waals surface area contributed by atoms with Crippen LogP contribution in [0.5, 0.6) is 0 Å². The maximum absolute atomic E-state index is 6.24. The molecule has 0 fully saturated rings. The first-order chi connectivity index (χ1) is 16.7.